The van der Waals surface area contributed by atoms with Gasteiger partial charge in [0.1, 0.15) is 5.75 Å². The van der Waals surface area contributed by atoms with Crippen molar-refractivity contribution in [2.75, 3.05) is 19.5 Å². The van der Waals surface area contributed by atoms with Crippen LogP contribution >= 0.6 is 0 Å². The molecular weight excluding hydrogens is 342 g/mol. The molecule has 0 atom stereocenters. The SMILES string of the molecule is COc1ccc(/C=C(\C)C(=O)Nc2cccc3c(O)cccc23)cc1OC. The van der Waals surface area contributed by atoms with Gasteiger partial charge >= 0.3 is 0 Å². The van der Waals surface area contributed by atoms with Gasteiger partial charge in [0.25, 0.3) is 5.91 Å². The van der Waals surface area contributed by atoms with Crippen LogP contribution in [0.3, 0.4) is 0 Å². The number of amides is 1. The molecule has 3 aromatic rings. The van der Waals surface area contributed by atoms with Crippen molar-refractivity contribution in [1.29, 1.82) is 0 Å². The number of hydrogen-bond donors (Lipinski definition) is 2. The van der Waals surface area contributed by atoms with Gasteiger partial charge in [-0.25, -0.2) is 0 Å². The van der Waals surface area contributed by atoms with Crippen molar-refractivity contribution in [3.8, 4) is 17.2 Å². The van der Waals surface area contributed by atoms with E-state index in [-0.39, 0.29) is 11.7 Å². The summed E-state index contributed by atoms with van der Waals surface area (Å²) in [5.41, 5.74) is 2.02. The minimum atomic E-state index is -0.222. The Labute approximate surface area is 157 Å². The van der Waals surface area contributed by atoms with Crippen LogP contribution in [0.1, 0.15) is 12.5 Å². The average molecular weight is 363 g/mol. The van der Waals surface area contributed by atoms with Crippen LogP contribution in [-0.4, -0.2) is 25.2 Å². The average Bonchev–Trinajstić information content (AvgIpc) is 2.68. The molecule has 0 spiro atoms. The normalized spacial score (nSPS) is 11.3. The molecule has 1 amide bonds. The molecule has 0 aromatic heterocycles. The molecule has 0 bridgehead atoms. The molecule has 2 N–H and O–H groups in total. The van der Waals surface area contributed by atoms with Crippen LogP contribution in [0.2, 0.25) is 0 Å². The van der Waals surface area contributed by atoms with Gasteiger partial charge in [0.15, 0.2) is 11.5 Å². The minimum Gasteiger partial charge on any atom is -0.507 e. The highest BCUT2D eigenvalue weighted by Gasteiger charge is 2.10. The Kier molecular flexibility index (Phi) is 5.31. The zero-order valence-corrected chi connectivity index (χ0v) is 15.4. The lowest BCUT2D eigenvalue weighted by molar-refractivity contribution is -0.112. The number of fused-ring (bicyclic) bond motifs is 1. The molecule has 0 radical (unpaired) electrons. The fraction of sp³-hybridized carbons (Fsp3) is 0.136. The molecule has 0 saturated heterocycles. The minimum absolute atomic E-state index is 0.182. The number of carbonyl (C=O) groups excluding carboxylic acids is 1. The predicted molar refractivity (Wildman–Crippen MR) is 107 cm³/mol. The summed E-state index contributed by atoms with van der Waals surface area (Å²) in [6.07, 6.45) is 1.78. The summed E-state index contributed by atoms with van der Waals surface area (Å²) in [6.45, 7) is 1.74. The zero-order valence-electron chi connectivity index (χ0n) is 15.4. The van der Waals surface area contributed by atoms with Crippen molar-refractivity contribution in [3.63, 3.8) is 0 Å². The first-order chi connectivity index (χ1) is 13.0. The summed E-state index contributed by atoms with van der Waals surface area (Å²) in [5, 5.41) is 14.4. The Morgan fingerprint density at radius 2 is 1.67 bits per heavy atom. The Balaban J connectivity index is 1.86. The number of benzene rings is 3. The third kappa shape index (κ3) is 3.87. The summed E-state index contributed by atoms with van der Waals surface area (Å²) in [4.78, 5) is 12.6. The lowest BCUT2D eigenvalue weighted by Crippen LogP contribution is -2.12. The summed E-state index contributed by atoms with van der Waals surface area (Å²) in [5.74, 6) is 1.19. The molecule has 0 aliphatic rings. The highest BCUT2D eigenvalue weighted by molar-refractivity contribution is 6.11. The topological polar surface area (TPSA) is 67.8 Å². The van der Waals surface area contributed by atoms with Gasteiger partial charge in [-0.3, -0.25) is 4.79 Å². The zero-order chi connectivity index (χ0) is 19.4. The second-order valence-corrected chi connectivity index (χ2v) is 6.07. The van der Waals surface area contributed by atoms with E-state index in [2.05, 4.69) is 5.32 Å². The lowest BCUT2D eigenvalue weighted by Gasteiger charge is -2.11. The second kappa shape index (κ2) is 7.83. The molecule has 0 fully saturated rings. The van der Waals surface area contributed by atoms with Crippen LogP contribution < -0.4 is 14.8 Å². The van der Waals surface area contributed by atoms with Gasteiger partial charge in [0, 0.05) is 22.0 Å². The molecule has 0 heterocycles. The Morgan fingerprint density at radius 1 is 0.963 bits per heavy atom. The van der Waals surface area contributed by atoms with Crippen LogP contribution in [0.5, 0.6) is 17.2 Å². The molecular formula is C22H21NO4. The fourth-order valence-corrected chi connectivity index (χ4v) is 2.88. The van der Waals surface area contributed by atoms with Crippen molar-refractivity contribution in [1.82, 2.24) is 0 Å². The maximum absolute atomic E-state index is 12.6. The van der Waals surface area contributed by atoms with E-state index < -0.39 is 0 Å². The third-order valence-corrected chi connectivity index (χ3v) is 4.30. The lowest BCUT2D eigenvalue weighted by atomic mass is 10.1. The molecule has 0 unspecified atom stereocenters. The number of methoxy groups -OCH3 is 2. The molecule has 138 valence electrons. The first kappa shape index (κ1) is 18.3. The molecule has 5 nitrogen and oxygen atoms in total. The van der Waals surface area contributed by atoms with Gasteiger partial charge in [-0.1, -0.05) is 30.3 Å². The van der Waals surface area contributed by atoms with E-state index in [9.17, 15) is 9.90 Å². The smallest absolute Gasteiger partial charge is 0.251 e. The summed E-state index contributed by atoms with van der Waals surface area (Å²) in [7, 11) is 3.15. The molecule has 5 heteroatoms. The molecule has 3 rings (SSSR count). The molecule has 3 aromatic carbocycles. The van der Waals surface area contributed by atoms with E-state index in [0.717, 1.165) is 10.9 Å². The predicted octanol–water partition coefficient (Wildman–Crippen LogP) is 4.60. The highest BCUT2D eigenvalue weighted by Crippen LogP contribution is 2.31. The van der Waals surface area contributed by atoms with Crippen LogP contribution in [0.15, 0.2) is 60.2 Å². The molecule has 27 heavy (non-hydrogen) atoms. The molecule has 0 saturated carbocycles. The number of hydrogen-bond acceptors (Lipinski definition) is 4. The van der Waals surface area contributed by atoms with Gasteiger partial charge in [-0.2, -0.15) is 0 Å². The number of aromatic hydroxyl groups is 1. The van der Waals surface area contributed by atoms with Crippen molar-refractivity contribution in [3.05, 3.63) is 65.7 Å². The second-order valence-electron chi connectivity index (χ2n) is 6.07. The number of phenolic OH excluding ortho intramolecular Hbond substituents is 1. The number of rotatable bonds is 5. The van der Waals surface area contributed by atoms with Crippen molar-refractivity contribution < 1.29 is 19.4 Å². The third-order valence-electron chi connectivity index (χ3n) is 4.30. The number of ether oxygens (including phenoxy) is 2. The first-order valence-electron chi connectivity index (χ1n) is 8.46. The van der Waals surface area contributed by atoms with Gasteiger partial charge in [0.05, 0.1) is 14.2 Å². The van der Waals surface area contributed by atoms with E-state index in [1.54, 1.807) is 51.5 Å². The van der Waals surface area contributed by atoms with Crippen molar-refractivity contribution in [2.24, 2.45) is 0 Å². The van der Waals surface area contributed by atoms with E-state index in [4.69, 9.17) is 9.47 Å². The van der Waals surface area contributed by atoms with Crippen molar-refractivity contribution in [2.45, 2.75) is 6.92 Å². The summed E-state index contributed by atoms with van der Waals surface area (Å²) in [6, 6.07) is 16.1. The van der Waals surface area contributed by atoms with Crippen molar-refractivity contribution >= 4 is 28.4 Å². The van der Waals surface area contributed by atoms with E-state index in [1.165, 1.54) is 0 Å². The largest absolute Gasteiger partial charge is 0.507 e. The molecule has 0 aliphatic carbocycles. The summed E-state index contributed by atoms with van der Waals surface area (Å²) < 4.78 is 10.5. The van der Waals surface area contributed by atoms with Gasteiger partial charge in [-0.15, -0.1) is 0 Å². The standard InChI is InChI=1S/C22H21NO4/c1-14(12-15-10-11-20(26-2)21(13-15)27-3)22(25)23-18-8-4-7-17-16(18)6-5-9-19(17)24/h4-13,24H,1-3H3,(H,23,25)/b14-12+. The number of nitrogens with one attached hydrogen (secondary N) is 1. The van der Waals surface area contributed by atoms with E-state index in [0.29, 0.717) is 28.1 Å². The Morgan fingerprint density at radius 3 is 2.41 bits per heavy atom. The van der Waals surface area contributed by atoms with Gasteiger partial charge in [0.2, 0.25) is 0 Å². The fourth-order valence-electron chi connectivity index (χ4n) is 2.88. The monoisotopic (exact) mass is 363 g/mol. The Bertz CT molecular complexity index is 1020. The summed E-state index contributed by atoms with van der Waals surface area (Å²) >= 11 is 0. The van der Waals surface area contributed by atoms with Crippen LogP contribution in [0, 0.1) is 0 Å². The van der Waals surface area contributed by atoms with Gasteiger partial charge in [-0.05, 0) is 42.8 Å². The molecule has 0 aliphatic heterocycles. The maximum atomic E-state index is 12.6. The first-order valence-corrected chi connectivity index (χ1v) is 8.46. The van der Waals surface area contributed by atoms with Crippen LogP contribution in [0.4, 0.5) is 5.69 Å². The van der Waals surface area contributed by atoms with Gasteiger partial charge < -0.3 is 19.9 Å². The highest BCUT2D eigenvalue weighted by atomic mass is 16.5. The van der Waals surface area contributed by atoms with Crippen LogP contribution in [-0.2, 0) is 4.79 Å². The number of anilines is 1. The van der Waals surface area contributed by atoms with E-state index >= 15 is 0 Å². The quantitative estimate of drug-likeness (QED) is 0.650. The van der Waals surface area contributed by atoms with E-state index in [1.807, 2.05) is 30.3 Å². The Hall–Kier alpha value is -3.47. The maximum Gasteiger partial charge on any atom is 0.251 e. The van der Waals surface area contributed by atoms with Crippen LogP contribution in [0.25, 0.3) is 16.8 Å². The number of carbonyl (C=O) groups is 1. The number of phenols is 1.